The number of hydrogen-bond acceptors (Lipinski definition) is 3. The van der Waals surface area contributed by atoms with Crippen LogP contribution in [0.1, 0.15) is 5.56 Å². The van der Waals surface area contributed by atoms with Crippen molar-refractivity contribution in [1.29, 1.82) is 0 Å². The first kappa shape index (κ1) is 14.5. The number of benzene rings is 2. The van der Waals surface area contributed by atoms with Gasteiger partial charge in [0.2, 0.25) is 0 Å². The van der Waals surface area contributed by atoms with Crippen molar-refractivity contribution in [2.75, 3.05) is 5.32 Å². The molecule has 2 aromatic carbocycles. The van der Waals surface area contributed by atoms with Crippen molar-refractivity contribution in [2.24, 2.45) is 7.05 Å². The summed E-state index contributed by atoms with van der Waals surface area (Å²) in [4.78, 5) is 16.5. The number of halogens is 2. The quantitative estimate of drug-likeness (QED) is 0.786. The fourth-order valence-corrected chi connectivity index (χ4v) is 2.49. The fraction of sp³-hybridized carbons (Fsp3) is 0.125. The molecule has 1 heterocycles. The van der Waals surface area contributed by atoms with Crippen molar-refractivity contribution in [2.45, 2.75) is 6.92 Å². The highest BCUT2D eigenvalue weighted by Crippen LogP contribution is 2.30. The second kappa shape index (κ2) is 5.42. The van der Waals surface area contributed by atoms with Gasteiger partial charge >= 0.3 is 0 Å². The maximum atomic E-state index is 13.9. The second-order valence-corrected chi connectivity index (χ2v) is 5.31. The molecule has 0 spiro atoms. The zero-order chi connectivity index (χ0) is 15.9. The van der Waals surface area contributed by atoms with Crippen molar-refractivity contribution in [3.8, 4) is 0 Å². The summed E-state index contributed by atoms with van der Waals surface area (Å²) in [6, 6.07) is 8.86. The highest BCUT2D eigenvalue weighted by atomic mass is 35.5. The van der Waals surface area contributed by atoms with Gasteiger partial charge in [0.1, 0.15) is 5.82 Å². The predicted molar refractivity (Wildman–Crippen MR) is 85.2 cm³/mol. The molecule has 3 rings (SSSR count). The maximum Gasteiger partial charge on any atom is 0.261 e. The van der Waals surface area contributed by atoms with Gasteiger partial charge in [-0.2, -0.15) is 0 Å². The van der Waals surface area contributed by atoms with Crippen molar-refractivity contribution in [1.82, 2.24) is 9.55 Å². The number of rotatable bonds is 2. The van der Waals surface area contributed by atoms with Crippen LogP contribution in [0.15, 0.2) is 35.4 Å². The Morgan fingerprint density at radius 3 is 2.86 bits per heavy atom. The van der Waals surface area contributed by atoms with Gasteiger partial charge in [-0.3, -0.25) is 4.79 Å². The summed E-state index contributed by atoms with van der Waals surface area (Å²) in [6.45, 7) is 1.78. The molecule has 0 aliphatic rings. The van der Waals surface area contributed by atoms with Gasteiger partial charge in [0.25, 0.3) is 5.56 Å². The Bertz CT molecular complexity index is 916. The molecule has 0 aliphatic heterocycles. The maximum absolute atomic E-state index is 13.9. The lowest BCUT2D eigenvalue weighted by atomic mass is 10.1. The van der Waals surface area contributed by atoms with Crippen molar-refractivity contribution in [3.63, 3.8) is 0 Å². The number of nitrogens with one attached hydrogen (secondary N) is 1. The molecular formula is C16H12ClFN3O. The average Bonchev–Trinajstić information content (AvgIpc) is 2.49. The molecule has 0 fully saturated rings. The number of fused-ring (bicyclic) bond motifs is 1. The molecule has 0 aliphatic carbocycles. The van der Waals surface area contributed by atoms with Crippen LogP contribution in [0.25, 0.3) is 10.9 Å². The summed E-state index contributed by atoms with van der Waals surface area (Å²) in [5.41, 5.74) is 1.85. The molecule has 1 radical (unpaired) electrons. The molecular weight excluding hydrogens is 305 g/mol. The van der Waals surface area contributed by atoms with E-state index in [1.807, 2.05) is 0 Å². The Hall–Kier alpha value is -2.40. The lowest BCUT2D eigenvalue weighted by Gasteiger charge is -2.13. The minimum Gasteiger partial charge on any atom is -0.352 e. The van der Waals surface area contributed by atoms with Crippen LogP contribution in [-0.2, 0) is 7.05 Å². The molecule has 0 unspecified atom stereocenters. The average molecular weight is 317 g/mol. The third-order valence-electron chi connectivity index (χ3n) is 3.50. The molecule has 3 aromatic rings. The van der Waals surface area contributed by atoms with Crippen LogP contribution in [0.3, 0.4) is 0 Å². The Morgan fingerprint density at radius 2 is 2.14 bits per heavy atom. The SMILES string of the molecule is Cc1c(Nc2c(Cl)[c]ccc2F)ccc2ncn(C)c(=O)c12. The van der Waals surface area contributed by atoms with Crippen LogP contribution in [0.5, 0.6) is 0 Å². The van der Waals surface area contributed by atoms with Crippen LogP contribution in [-0.4, -0.2) is 9.55 Å². The summed E-state index contributed by atoms with van der Waals surface area (Å²) in [5, 5.41) is 3.58. The molecule has 1 N–H and O–H groups in total. The van der Waals surface area contributed by atoms with Crippen molar-refractivity contribution >= 4 is 33.9 Å². The van der Waals surface area contributed by atoms with E-state index < -0.39 is 5.82 Å². The molecule has 0 amide bonds. The predicted octanol–water partition coefficient (Wildman–Crippen LogP) is 3.58. The van der Waals surface area contributed by atoms with Gasteiger partial charge in [0, 0.05) is 18.8 Å². The zero-order valence-corrected chi connectivity index (χ0v) is 12.7. The zero-order valence-electron chi connectivity index (χ0n) is 11.9. The number of hydrogen-bond donors (Lipinski definition) is 1. The summed E-state index contributed by atoms with van der Waals surface area (Å²) >= 11 is 5.97. The Balaban J connectivity index is 2.19. The Labute approximate surface area is 131 Å². The van der Waals surface area contributed by atoms with Gasteiger partial charge < -0.3 is 9.88 Å². The van der Waals surface area contributed by atoms with E-state index in [-0.39, 0.29) is 16.3 Å². The molecule has 1 aromatic heterocycles. The first-order valence-corrected chi connectivity index (χ1v) is 6.94. The summed E-state index contributed by atoms with van der Waals surface area (Å²) in [6.07, 6.45) is 1.47. The first-order chi connectivity index (χ1) is 10.5. The topological polar surface area (TPSA) is 46.9 Å². The fourth-order valence-electron chi connectivity index (χ4n) is 2.29. The van der Waals surface area contributed by atoms with E-state index >= 15 is 0 Å². The van der Waals surface area contributed by atoms with Gasteiger partial charge in [-0.15, -0.1) is 0 Å². The molecule has 111 valence electrons. The van der Waals surface area contributed by atoms with Gasteiger partial charge in [0.05, 0.1) is 27.9 Å². The monoisotopic (exact) mass is 316 g/mol. The van der Waals surface area contributed by atoms with E-state index in [0.717, 1.165) is 0 Å². The molecule has 0 bridgehead atoms. The molecule has 6 heteroatoms. The third-order valence-corrected chi connectivity index (χ3v) is 3.80. The molecule has 0 atom stereocenters. The normalized spacial score (nSPS) is 10.9. The Morgan fingerprint density at radius 1 is 1.36 bits per heavy atom. The lowest BCUT2D eigenvalue weighted by molar-refractivity contribution is 0.632. The molecule has 22 heavy (non-hydrogen) atoms. The molecule has 0 saturated heterocycles. The van der Waals surface area contributed by atoms with Gasteiger partial charge in [0.15, 0.2) is 0 Å². The van der Waals surface area contributed by atoms with Crippen molar-refractivity contribution < 1.29 is 4.39 Å². The van der Waals surface area contributed by atoms with E-state index in [1.54, 1.807) is 26.1 Å². The molecule has 0 saturated carbocycles. The standard InChI is InChI=1S/C16H12ClFN3O/c1-9-12(20-15-10(17)4-3-5-11(15)18)6-7-13-14(9)16(22)21(2)8-19-13/h3,5-8,20H,1-2H3. The highest BCUT2D eigenvalue weighted by Gasteiger charge is 2.12. The van der Waals surface area contributed by atoms with Gasteiger partial charge in [-0.25, -0.2) is 9.37 Å². The van der Waals surface area contributed by atoms with Gasteiger partial charge in [-0.05, 0) is 36.8 Å². The second-order valence-electron chi connectivity index (χ2n) is 4.93. The Kier molecular flexibility index (Phi) is 3.58. The van der Waals surface area contributed by atoms with Crippen molar-refractivity contribution in [3.05, 3.63) is 63.4 Å². The third kappa shape index (κ3) is 2.33. The minimum absolute atomic E-state index is 0.132. The van der Waals surface area contributed by atoms with E-state index in [0.29, 0.717) is 22.2 Å². The smallest absolute Gasteiger partial charge is 0.261 e. The largest absolute Gasteiger partial charge is 0.352 e. The van der Waals surface area contributed by atoms with E-state index in [9.17, 15) is 9.18 Å². The summed E-state index contributed by atoms with van der Waals surface area (Å²) < 4.78 is 15.3. The van der Waals surface area contributed by atoms with Crippen LogP contribution < -0.4 is 10.9 Å². The van der Waals surface area contributed by atoms with E-state index in [4.69, 9.17) is 11.6 Å². The summed E-state index contributed by atoms with van der Waals surface area (Å²) in [5.74, 6) is -0.484. The van der Waals surface area contributed by atoms with E-state index in [1.165, 1.54) is 23.0 Å². The van der Waals surface area contributed by atoms with Gasteiger partial charge in [-0.1, -0.05) is 11.6 Å². The number of nitrogens with zero attached hydrogens (tertiary/aromatic N) is 2. The van der Waals surface area contributed by atoms with E-state index in [2.05, 4.69) is 16.4 Å². The first-order valence-electron chi connectivity index (χ1n) is 6.56. The van der Waals surface area contributed by atoms with Crippen LogP contribution in [0, 0.1) is 18.8 Å². The van der Waals surface area contributed by atoms with Crippen LogP contribution in [0.4, 0.5) is 15.8 Å². The summed E-state index contributed by atoms with van der Waals surface area (Å²) in [7, 11) is 1.64. The lowest BCUT2D eigenvalue weighted by Crippen LogP contribution is -2.18. The number of aromatic nitrogens is 2. The highest BCUT2D eigenvalue weighted by molar-refractivity contribution is 6.33. The van der Waals surface area contributed by atoms with Crippen LogP contribution >= 0.6 is 11.6 Å². The molecule has 4 nitrogen and oxygen atoms in total. The minimum atomic E-state index is -0.484. The van der Waals surface area contributed by atoms with Crippen LogP contribution in [0.2, 0.25) is 5.02 Å². The number of anilines is 2. The number of aryl methyl sites for hydroxylation is 2.